The van der Waals surface area contributed by atoms with E-state index in [9.17, 15) is 17.6 Å². The predicted octanol–water partition coefficient (Wildman–Crippen LogP) is 4.64. The van der Waals surface area contributed by atoms with E-state index in [1.165, 1.54) is 12.1 Å². The van der Waals surface area contributed by atoms with Crippen molar-refractivity contribution in [2.75, 3.05) is 0 Å². The van der Waals surface area contributed by atoms with Gasteiger partial charge < -0.3 is 10.1 Å². The van der Waals surface area contributed by atoms with Gasteiger partial charge in [-0.2, -0.15) is 0 Å². The molecule has 0 radical (unpaired) electrons. The molecule has 1 atom stereocenters. The topological polar surface area (TPSA) is 84.5 Å². The molecule has 0 unspecified atom stereocenters. The summed E-state index contributed by atoms with van der Waals surface area (Å²) < 4.78 is 47.3. The van der Waals surface area contributed by atoms with Crippen LogP contribution in [0.2, 0.25) is 0 Å². The van der Waals surface area contributed by atoms with Gasteiger partial charge in [0.05, 0.1) is 17.0 Å². The molecule has 0 heterocycles. The summed E-state index contributed by atoms with van der Waals surface area (Å²) in [7, 11) is -3.66. The molecule has 8 heteroatoms. The molecule has 0 aliphatic heterocycles. The van der Waals surface area contributed by atoms with Gasteiger partial charge in [-0.05, 0) is 94.8 Å². The van der Waals surface area contributed by atoms with Crippen molar-refractivity contribution in [1.82, 2.24) is 10.0 Å². The Hall–Kier alpha value is -2.45. The number of hydrogen-bond donors (Lipinski definition) is 2. The molecule has 1 aliphatic carbocycles. The van der Waals surface area contributed by atoms with Crippen LogP contribution in [0.5, 0.6) is 5.75 Å². The Morgan fingerprint density at radius 1 is 1.03 bits per heavy atom. The van der Waals surface area contributed by atoms with Crippen LogP contribution in [0, 0.1) is 18.7 Å². The Morgan fingerprint density at radius 2 is 1.67 bits per heavy atom. The Kier molecular flexibility index (Phi) is 8.13. The molecule has 3 rings (SSSR count). The molecule has 1 saturated carbocycles. The molecule has 2 aromatic carbocycles. The Labute approximate surface area is 196 Å². The third-order valence-electron chi connectivity index (χ3n) is 5.97. The van der Waals surface area contributed by atoms with E-state index in [1.54, 1.807) is 30.3 Å². The number of carbonyl (C=O) groups is 1. The number of carbonyl (C=O) groups excluding carboxylic acids is 1. The second-order valence-corrected chi connectivity index (χ2v) is 10.8. The molecule has 0 saturated heterocycles. The van der Waals surface area contributed by atoms with Crippen LogP contribution in [-0.2, 0) is 14.8 Å². The highest BCUT2D eigenvalue weighted by Crippen LogP contribution is 2.28. The van der Waals surface area contributed by atoms with E-state index in [0.717, 1.165) is 11.1 Å². The Balaban J connectivity index is 1.53. The van der Waals surface area contributed by atoms with E-state index in [1.807, 2.05) is 27.7 Å². The van der Waals surface area contributed by atoms with Gasteiger partial charge in [-0.25, -0.2) is 17.5 Å². The second-order valence-electron chi connectivity index (χ2n) is 9.05. The minimum Gasteiger partial charge on any atom is -0.491 e. The summed E-state index contributed by atoms with van der Waals surface area (Å²) in [5, 5.41) is 2.99. The number of aryl methyl sites for hydroxylation is 1. The summed E-state index contributed by atoms with van der Waals surface area (Å²) >= 11 is 0. The maximum atomic E-state index is 13.1. The first-order valence-electron chi connectivity index (χ1n) is 11.4. The first-order chi connectivity index (χ1) is 15.5. The van der Waals surface area contributed by atoms with Crippen molar-refractivity contribution in [3.8, 4) is 5.75 Å². The fourth-order valence-electron chi connectivity index (χ4n) is 4.10. The van der Waals surface area contributed by atoms with E-state index in [2.05, 4.69) is 10.0 Å². The number of halogens is 1. The smallest absolute Gasteiger partial charge is 0.240 e. The number of sulfonamides is 1. The fraction of sp³-hybridized carbons (Fsp3) is 0.480. The van der Waals surface area contributed by atoms with E-state index in [0.29, 0.717) is 31.4 Å². The molecule has 6 nitrogen and oxygen atoms in total. The van der Waals surface area contributed by atoms with E-state index >= 15 is 0 Å². The normalized spacial score (nSPS) is 19.8. The maximum absolute atomic E-state index is 13.1. The van der Waals surface area contributed by atoms with Gasteiger partial charge in [-0.3, -0.25) is 4.79 Å². The minimum atomic E-state index is -3.66. The average molecular weight is 477 g/mol. The van der Waals surface area contributed by atoms with E-state index in [-0.39, 0.29) is 40.7 Å². The van der Waals surface area contributed by atoms with Crippen molar-refractivity contribution >= 4 is 15.9 Å². The SMILES string of the molecule is Cc1cc(S(=O)(=O)NC2CCC(C(=O)N[C@H](C)c3ccc(F)cc3)CC2)ccc1OC(C)C. The molecule has 180 valence electrons. The zero-order valence-corrected chi connectivity index (χ0v) is 20.4. The van der Waals surface area contributed by atoms with Crippen LogP contribution in [-0.4, -0.2) is 26.5 Å². The molecule has 2 aromatic rings. The zero-order valence-electron chi connectivity index (χ0n) is 19.6. The minimum absolute atomic E-state index is 0.00958. The zero-order chi connectivity index (χ0) is 24.2. The van der Waals surface area contributed by atoms with Gasteiger partial charge in [0, 0.05) is 12.0 Å². The molecule has 0 spiro atoms. The van der Waals surface area contributed by atoms with Gasteiger partial charge in [0.25, 0.3) is 0 Å². The number of ether oxygens (including phenoxy) is 1. The van der Waals surface area contributed by atoms with Crippen LogP contribution in [0.3, 0.4) is 0 Å². The van der Waals surface area contributed by atoms with Gasteiger partial charge in [-0.15, -0.1) is 0 Å². The highest BCUT2D eigenvalue weighted by Gasteiger charge is 2.30. The van der Waals surface area contributed by atoms with Crippen molar-refractivity contribution in [3.05, 3.63) is 59.4 Å². The highest BCUT2D eigenvalue weighted by molar-refractivity contribution is 7.89. The molecule has 1 amide bonds. The lowest BCUT2D eigenvalue weighted by Crippen LogP contribution is -2.41. The van der Waals surface area contributed by atoms with E-state index in [4.69, 9.17) is 4.74 Å². The molecule has 1 aliphatic rings. The van der Waals surface area contributed by atoms with E-state index < -0.39 is 10.0 Å². The molecule has 0 aromatic heterocycles. The molecule has 33 heavy (non-hydrogen) atoms. The van der Waals surface area contributed by atoms with Crippen LogP contribution < -0.4 is 14.8 Å². The van der Waals surface area contributed by atoms with Crippen molar-refractivity contribution < 1.29 is 22.3 Å². The van der Waals surface area contributed by atoms with Crippen molar-refractivity contribution in [1.29, 1.82) is 0 Å². The average Bonchev–Trinajstić information content (AvgIpc) is 2.75. The van der Waals surface area contributed by atoms with Crippen molar-refractivity contribution in [3.63, 3.8) is 0 Å². The predicted molar refractivity (Wildman–Crippen MR) is 126 cm³/mol. The number of hydrogen-bond acceptors (Lipinski definition) is 4. The lowest BCUT2D eigenvalue weighted by Gasteiger charge is -2.29. The molecule has 2 N–H and O–H groups in total. The lowest BCUT2D eigenvalue weighted by atomic mass is 9.85. The monoisotopic (exact) mass is 476 g/mol. The first kappa shape index (κ1) is 25.2. The summed E-state index contributed by atoms with van der Waals surface area (Å²) in [4.78, 5) is 12.9. The third kappa shape index (κ3) is 6.77. The standard InChI is InChI=1S/C25H33FN2O4S/c1-16(2)32-24-14-13-23(15-17(24)3)33(30,31)28-22-11-7-20(8-12-22)25(29)27-18(4)19-5-9-21(26)10-6-19/h5-6,9-10,13-16,18,20,22,28H,7-8,11-12H2,1-4H3,(H,27,29)/t18-,20?,22?/m1/s1. The second kappa shape index (κ2) is 10.7. The van der Waals surface area contributed by atoms with Gasteiger partial charge in [0.2, 0.25) is 15.9 Å². The summed E-state index contributed by atoms with van der Waals surface area (Å²) in [6.45, 7) is 7.54. The number of amides is 1. The lowest BCUT2D eigenvalue weighted by molar-refractivity contribution is -0.126. The van der Waals surface area contributed by atoms with Gasteiger partial charge in [0.1, 0.15) is 11.6 Å². The Bertz CT molecular complexity index is 1060. The molecular formula is C25H33FN2O4S. The number of benzene rings is 2. The number of rotatable bonds is 8. The summed E-state index contributed by atoms with van der Waals surface area (Å²) in [6.07, 6.45) is 2.41. The quantitative estimate of drug-likeness (QED) is 0.582. The Morgan fingerprint density at radius 3 is 2.24 bits per heavy atom. The maximum Gasteiger partial charge on any atom is 0.240 e. The summed E-state index contributed by atoms with van der Waals surface area (Å²) in [6, 6.07) is 10.5. The van der Waals surface area contributed by atoms with Crippen molar-refractivity contribution in [2.45, 2.75) is 76.5 Å². The summed E-state index contributed by atoms with van der Waals surface area (Å²) in [5.74, 6) is 0.145. The first-order valence-corrected chi connectivity index (χ1v) is 12.9. The molecule has 1 fully saturated rings. The van der Waals surface area contributed by atoms with Gasteiger partial charge >= 0.3 is 0 Å². The molecule has 0 bridgehead atoms. The van der Waals surface area contributed by atoms with Crippen LogP contribution in [0.15, 0.2) is 47.4 Å². The molecular weight excluding hydrogens is 443 g/mol. The van der Waals surface area contributed by atoms with Crippen LogP contribution in [0.25, 0.3) is 0 Å². The van der Waals surface area contributed by atoms with Crippen LogP contribution in [0.4, 0.5) is 4.39 Å². The summed E-state index contributed by atoms with van der Waals surface area (Å²) in [5.41, 5.74) is 1.61. The largest absolute Gasteiger partial charge is 0.491 e. The van der Waals surface area contributed by atoms with Gasteiger partial charge in [0.15, 0.2) is 0 Å². The van der Waals surface area contributed by atoms with Crippen LogP contribution >= 0.6 is 0 Å². The highest BCUT2D eigenvalue weighted by atomic mass is 32.2. The van der Waals surface area contributed by atoms with Crippen molar-refractivity contribution in [2.24, 2.45) is 5.92 Å². The number of nitrogens with one attached hydrogen (secondary N) is 2. The van der Waals surface area contributed by atoms with Crippen LogP contribution in [0.1, 0.15) is 63.6 Å². The fourth-order valence-corrected chi connectivity index (χ4v) is 5.49. The third-order valence-corrected chi connectivity index (χ3v) is 7.49. The van der Waals surface area contributed by atoms with Gasteiger partial charge in [-0.1, -0.05) is 12.1 Å².